The van der Waals surface area contributed by atoms with Gasteiger partial charge in [-0.05, 0) is 28.9 Å². The third-order valence-corrected chi connectivity index (χ3v) is 2.96. The van der Waals surface area contributed by atoms with Crippen molar-refractivity contribution in [1.82, 2.24) is 4.98 Å². The summed E-state index contributed by atoms with van der Waals surface area (Å²) in [5.41, 5.74) is 0.593. The highest BCUT2D eigenvalue weighted by atomic mass is 79.9. The third kappa shape index (κ3) is 2.96. The van der Waals surface area contributed by atoms with Crippen LogP contribution in [0.5, 0.6) is 0 Å². The summed E-state index contributed by atoms with van der Waals surface area (Å²) in [5.74, 6) is -0.303. The van der Waals surface area contributed by atoms with Crippen LogP contribution in [0.1, 0.15) is 12.6 Å². The Morgan fingerprint density at radius 2 is 2.43 bits per heavy atom. The van der Waals surface area contributed by atoms with Gasteiger partial charge in [0, 0.05) is 6.20 Å². The highest BCUT2D eigenvalue weighted by Gasteiger charge is 2.10. The standard InChI is InChI=1S/C9H9BrClNO2/c1-2-14-8(13)5-7-9(10)6(11)3-4-12-7/h3-4H,2,5H2,1H3. The van der Waals surface area contributed by atoms with Crippen molar-refractivity contribution >= 4 is 33.5 Å². The van der Waals surface area contributed by atoms with Crippen molar-refractivity contribution in [2.45, 2.75) is 13.3 Å². The van der Waals surface area contributed by atoms with Crippen LogP contribution >= 0.6 is 27.5 Å². The third-order valence-electron chi connectivity index (χ3n) is 1.53. The van der Waals surface area contributed by atoms with Crippen LogP contribution in [-0.4, -0.2) is 17.6 Å². The van der Waals surface area contributed by atoms with Crippen molar-refractivity contribution in [2.75, 3.05) is 6.61 Å². The highest BCUT2D eigenvalue weighted by Crippen LogP contribution is 2.24. The molecule has 0 bridgehead atoms. The maximum absolute atomic E-state index is 11.1. The Morgan fingerprint density at radius 3 is 3.07 bits per heavy atom. The number of hydrogen-bond acceptors (Lipinski definition) is 3. The number of carbonyl (C=O) groups is 1. The zero-order valence-corrected chi connectivity index (χ0v) is 9.93. The second kappa shape index (κ2) is 5.32. The Kier molecular flexibility index (Phi) is 4.35. The van der Waals surface area contributed by atoms with E-state index < -0.39 is 0 Å². The molecule has 0 saturated carbocycles. The normalized spacial score (nSPS) is 9.93. The van der Waals surface area contributed by atoms with Gasteiger partial charge < -0.3 is 4.74 Å². The molecule has 0 saturated heterocycles. The van der Waals surface area contributed by atoms with Crippen molar-refractivity contribution in [2.24, 2.45) is 0 Å². The fraction of sp³-hybridized carbons (Fsp3) is 0.333. The molecule has 0 aliphatic carbocycles. The highest BCUT2D eigenvalue weighted by molar-refractivity contribution is 9.10. The number of nitrogens with zero attached hydrogens (tertiary/aromatic N) is 1. The van der Waals surface area contributed by atoms with E-state index >= 15 is 0 Å². The molecule has 0 radical (unpaired) electrons. The zero-order chi connectivity index (χ0) is 10.6. The molecule has 3 nitrogen and oxygen atoms in total. The fourth-order valence-electron chi connectivity index (χ4n) is 0.932. The number of pyridine rings is 1. The monoisotopic (exact) mass is 277 g/mol. The minimum atomic E-state index is -0.303. The van der Waals surface area contributed by atoms with Crippen LogP contribution in [0.2, 0.25) is 5.02 Å². The van der Waals surface area contributed by atoms with E-state index in [1.165, 1.54) is 0 Å². The van der Waals surface area contributed by atoms with E-state index in [0.29, 0.717) is 21.8 Å². The molecule has 76 valence electrons. The number of halogens is 2. The van der Waals surface area contributed by atoms with Gasteiger partial charge in [-0.1, -0.05) is 11.6 Å². The van der Waals surface area contributed by atoms with E-state index in [1.807, 2.05) is 0 Å². The summed E-state index contributed by atoms with van der Waals surface area (Å²) in [4.78, 5) is 15.2. The molecule has 0 amide bonds. The Balaban J connectivity index is 2.76. The van der Waals surface area contributed by atoms with Crippen LogP contribution in [0.25, 0.3) is 0 Å². The Bertz CT molecular complexity index is 344. The van der Waals surface area contributed by atoms with Gasteiger partial charge in [-0.25, -0.2) is 0 Å². The molecule has 0 fully saturated rings. The molecule has 0 aliphatic heterocycles. The number of esters is 1. The first-order valence-corrected chi connectivity index (χ1v) is 5.26. The molecule has 1 rings (SSSR count). The Labute approximate surface area is 95.6 Å². The molecule has 0 aromatic carbocycles. The summed E-state index contributed by atoms with van der Waals surface area (Å²) in [7, 11) is 0. The van der Waals surface area contributed by atoms with E-state index in [-0.39, 0.29) is 12.4 Å². The largest absolute Gasteiger partial charge is 0.466 e. The summed E-state index contributed by atoms with van der Waals surface area (Å²) in [5, 5.41) is 0.541. The SMILES string of the molecule is CCOC(=O)Cc1nccc(Cl)c1Br. The lowest BCUT2D eigenvalue weighted by molar-refractivity contribution is -0.142. The molecule has 0 unspecified atom stereocenters. The lowest BCUT2D eigenvalue weighted by Gasteiger charge is -2.04. The molecule has 0 aliphatic rings. The van der Waals surface area contributed by atoms with Crippen LogP contribution in [-0.2, 0) is 16.0 Å². The number of carbonyl (C=O) groups excluding carboxylic acids is 1. The summed E-state index contributed by atoms with van der Waals surface area (Å²) in [6.07, 6.45) is 1.69. The van der Waals surface area contributed by atoms with Gasteiger partial charge in [0.2, 0.25) is 0 Å². The Morgan fingerprint density at radius 1 is 1.71 bits per heavy atom. The van der Waals surface area contributed by atoms with Gasteiger partial charge in [-0.3, -0.25) is 9.78 Å². The summed E-state index contributed by atoms with van der Waals surface area (Å²) in [6, 6.07) is 1.65. The number of aromatic nitrogens is 1. The summed E-state index contributed by atoms with van der Waals surface area (Å²) >= 11 is 9.09. The van der Waals surface area contributed by atoms with Crippen LogP contribution in [0.3, 0.4) is 0 Å². The smallest absolute Gasteiger partial charge is 0.311 e. The molecular formula is C9H9BrClNO2. The molecule has 5 heteroatoms. The van der Waals surface area contributed by atoms with Crippen LogP contribution in [0, 0.1) is 0 Å². The van der Waals surface area contributed by atoms with Crippen LogP contribution in [0.15, 0.2) is 16.7 Å². The molecular weight excluding hydrogens is 269 g/mol. The lowest BCUT2D eigenvalue weighted by atomic mass is 10.3. The van der Waals surface area contributed by atoms with Crippen LogP contribution in [0.4, 0.5) is 0 Å². The first-order valence-electron chi connectivity index (χ1n) is 4.09. The van der Waals surface area contributed by atoms with Crippen molar-refractivity contribution in [3.8, 4) is 0 Å². The predicted molar refractivity (Wildman–Crippen MR) is 57.3 cm³/mol. The van der Waals surface area contributed by atoms with Gasteiger partial charge in [0.25, 0.3) is 0 Å². The number of ether oxygens (including phenoxy) is 1. The molecule has 0 N–H and O–H groups in total. The second-order valence-corrected chi connectivity index (χ2v) is 3.74. The topological polar surface area (TPSA) is 39.2 Å². The number of rotatable bonds is 3. The average Bonchev–Trinajstić information content (AvgIpc) is 2.13. The second-order valence-electron chi connectivity index (χ2n) is 2.54. The molecule has 0 spiro atoms. The minimum absolute atomic E-state index is 0.134. The van der Waals surface area contributed by atoms with E-state index in [0.717, 1.165) is 0 Å². The first-order chi connectivity index (χ1) is 6.65. The molecule has 0 atom stereocenters. The maximum atomic E-state index is 11.1. The molecule has 14 heavy (non-hydrogen) atoms. The van der Waals surface area contributed by atoms with Crippen molar-refractivity contribution in [3.63, 3.8) is 0 Å². The zero-order valence-electron chi connectivity index (χ0n) is 7.59. The van der Waals surface area contributed by atoms with Gasteiger partial charge >= 0.3 is 5.97 Å². The predicted octanol–water partition coefficient (Wildman–Crippen LogP) is 2.60. The van der Waals surface area contributed by atoms with Gasteiger partial charge in [0.1, 0.15) is 0 Å². The van der Waals surface area contributed by atoms with Gasteiger partial charge in [0.05, 0.1) is 28.2 Å². The Hall–Kier alpha value is -0.610. The van der Waals surface area contributed by atoms with E-state index in [2.05, 4.69) is 20.9 Å². The van der Waals surface area contributed by atoms with Gasteiger partial charge in [-0.15, -0.1) is 0 Å². The van der Waals surface area contributed by atoms with Crippen molar-refractivity contribution in [1.29, 1.82) is 0 Å². The maximum Gasteiger partial charge on any atom is 0.311 e. The van der Waals surface area contributed by atoms with Crippen LogP contribution < -0.4 is 0 Å². The minimum Gasteiger partial charge on any atom is -0.466 e. The molecule has 1 aromatic heterocycles. The first kappa shape index (κ1) is 11.5. The summed E-state index contributed by atoms with van der Waals surface area (Å²) < 4.78 is 5.45. The van der Waals surface area contributed by atoms with E-state index in [9.17, 15) is 4.79 Å². The average molecular weight is 279 g/mol. The van der Waals surface area contributed by atoms with Crippen molar-refractivity contribution in [3.05, 3.63) is 27.5 Å². The molecule has 1 heterocycles. The van der Waals surface area contributed by atoms with E-state index in [1.54, 1.807) is 19.2 Å². The van der Waals surface area contributed by atoms with Gasteiger partial charge in [-0.2, -0.15) is 0 Å². The summed E-state index contributed by atoms with van der Waals surface area (Å²) in [6.45, 7) is 2.13. The lowest BCUT2D eigenvalue weighted by Crippen LogP contribution is -2.09. The van der Waals surface area contributed by atoms with Gasteiger partial charge in [0.15, 0.2) is 0 Å². The van der Waals surface area contributed by atoms with Crippen molar-refractivity contribution < 1.29 is 9.53 Å². The number of hydrogen-bond donors (Lipinski definition) is 0. The fourth-order valence-corrected chi connectivity index (χ4v) is 1.47. The quantitative estimate of drug-likeness (QED) is 0.798. The van der Waals surface area contributed by atoms with E-state index in [4.69, 9.17) is 16.3 Å². The molecule has 1 aromatic rings.